The van der Waals surface area contributed by atoms with E-state index in [-0.39, 0.29) is 5.91 Å². The zero-order valence-electron chi connectivity index (χ0n) is 7.70. The Hall–Kier alpha value is -1.06. The first-order valence-electron chi connectivity index (χ1n) is 4.91. The van der Waals surface area contributed by atoms with Crippen molar-refractivity contribution in [3.63, 3.8) is 0 Å². The predicted molar refractivity (Wildman–Crippen MR) is 50.2 cm³/mol. The van der Waals surface area contributed by atoms with Crippen LogP contribution in [0.1, 0.15) is 32.1 Å². The van der Waals surface area contributed by atoms with Gasteiger partial charge in [0.05, 0.1) is 0 Å². The first kappa shape index (κ1) is 8.53. The summed E-state index contributed by atoms with van der Waals surface area (Å²) in [4.78, 5) is 16.7. The van der Waals surface area contributed by atoms with Gasteiger partial charge in [0.2, 0.25) is 0 Å². The van der Waals surface area contributed by atoms with Gasteiger partial charge < -0.3 is 10.6 Å². The van der Waals surface area contributed by atoms with Crippen molar-refractivity contribution in [1.82, 2.24) is 4.90 Å². The zero-order valence-corrected chi connectivity index (χ0v) is 7.70. The Labute approximate surface area is 77.8 Å². The van der Waals surface area contributed by atoms with Crippen LogP contribution in [0.2, 0.25) is 0 Å². The van der Waals surface area contributed by atoms with Crippen LogP contribution in [0.3, 0.4) is 0 Å². The lowest BCUT2D eigenvalue weighted by Crippen LogP contribution is -2.43. The number of carbonyl (C=O) groups excluding carboxylic acids is 1. The highest BCUT2D eigenvalue weighted by Gasteiger charge is 2.28. The maximum Gasteiger partial charge on any atom is 0.268 e. The average Bonchev–Trinajstić information content (AvgIpc) is 2.47. The van der Waals surface area contributed by atoms with Gasteiger partial charge in [-0.3, -0.25) is 4.79 Å². The Bertz CT molecular complexity index is 243. The number of carbonyl (C=O) groups is 1. The first-order chi connectivity index (χ1) is 6.27. The van der Waals surface area contributed by atoms with Crippen molar-refractivity contribution in [3.8, 4) is 0 Å². The Morgan fingerprint density at radius 3 is 2.54 bits per heavy atom. The number of nitrogens with zero attached hydrogens (tertiary/aromatic N) is 2. The van der Waals surface area contributed by atoms with Crippen LogP contribution in [-0.2, 0) is 4.79 Å². The molecule has 13 heavy (non-hydrogen) atoms. The summed E-state index contributed by atoms with van der Waals surface area (Å²) >= 11 is 0. The Morgan fingerprint density at radius 1 is 1.31 bits per heavy atom. The van der Waals surface area contributed by atoms with E-state index in [1.165, 1.54) is 19.3 Å². The van der Waals surface area contributed by atoms with Crippen LogP contribution in [0.25, 0.3) is 0 Å². The standard InChI is InChI=1S/C9H15N3O/c10-9-11-8(13)6-12(9)7-4-2-1-3-5-7/h7H,1-6H2,(H2,10,11,13). The van der Waals surface area contributed by atoms with Gasteiger partial charge in [-0.2, -0.15) is 4.99 Å². The zero-order chi connectivity index (χ0) is 9.26. The summed E-state index contributed by atoms with van der Waals surface area (Å²) in [5.41, 5.74) is 5.66. The number of hydrogen-bond acceptors (Lipinski definition) is 3. The van der Waals surface area contributed by atoms with E-state index in [1.807, 2.05) is 4.90 Å². The Kier molecular flexibility index (Phi) is 2.20. The van der Waals surface area contributed by atoms with Gasteiger partial charge in [-0.1, -0.05) is 19.3 Å². The molecule has 0 spiro atoms. The fraction of sp³-hybridized carbons (Fsp3) is 0.778. The maximum absolute atomic E-state index is 11.0. The first-order valence-corrected chi connectivity index (χ1v) is 4.91. The van der Waals surface area contributed by atoms with Crippen molar-refractivity contribution in [2.24, 2.45) is 10.7 Å². The summed E-state index contributed by atoms with van der Waals surface area (Å²) in [5, 5.41) is 0. The number of amides is 1. The summed E-state index contributed by atoms with van der Waals surface area (Å²) in [6.45, 7) is 0.399. The molecule has 0 radical (unpaired) electrons. The molecule has 1 aliphatic heterocycles. The van der Waals surface area contributed by atoms with E-state index < -0.39 is 0 Å². The monoisotopic (exact) mass is 181 g/mol. The van der Waals surface area contributed by atoms with Crippen LogP contribution in [0.15, 0.2) is 4.99 Å². The summed E-state index contributed by atoms with van der Waals surface area (Å²) in [7, 11) is 0. The van der Waals surface area contributed by atoms with E-state index in [1.54, 1.807) is 0 Å². The minimum atomic E-state index is -0.0944. The van der Waals surface area contributed by atoms with Crippen molar-refractivity contribution in [3.05, 3.63) is 0 Å². The molecule has 1 fully saturated rings. The SMILES string of the molecule is NC1=NC(=O)CN1C1CCCCC1. The number of hydrogen-bond donors (Lipinski definition) is 1. The second-order valence-corrected chi connectivity index (χ2v) is 3.78. The van der Waals surface area contributed by atoms with Crippen molar-refractivity contribution < 1.29 is 4.79 Å². The molecular weight excluding hydrogens is 166 g/mol. The van der Waals surface area contributed by atoms with E-state index >= 15 is 0 Å². The van der Waals surface area contributed by atoms with Crippen molar-refractivity contribution in [1.29, 1.82) is 0 Å². The quantitative estimate of drug-likeness (QED) is 0.640. The lowest BCUT2D eigenvalue weighted by Gasteiger charge is -2.31. The van der Waals surface area contributed by atoms with Gasteiger partial charge in [0.1, 0.15) is 6.54 Å². The summed E-state index contributed by atoms with van der Waals surface area (Å²) in [6, 6.07) is 0.462. The molecule has 2 rings (SSSR count). The van der Waals surface area contributed by atoms with Crippen LogP contribution in [0.5, 0.6) is 0 Å². The summed E-state index contributed by atoms with van der Waals surface area (Å²) in [6.07, 6.45) is 6.13. The normalized spacial score (nSPS) is 25.1. The molecule has 2 aliphatic rings. The molecule has 1 saturated carbocycles. The second-order valence-electron chi connectivity index (χ2n) is 3.78. The van der Waals surface area contributed by atoms with Gasteiger partial charge in [0.15, 0.2) is 5.96 Å². The molecule has 0 bridgehead atoms. The minimum absolute atomic E-state index is 0.0944. The highest BCUT2D eigenvalue weighted by Crippen LogP contribution is 2.23. The molecule has 4 heteroatoms. The van der Waals surface area contributed by atoms with Gasteiger partial charge >= 0.3 is 0 Å². The molecule has 0 unspecified atom stereocenters. The Morgan fingerprint density at radius 2 is 2.00 bits per heavy atom. The fourth-order valence-corrected chi connectivity index (χ4v) is 2.16. The van der Waals surface area contributed by atoms with E-state index in [0.717, 1.165) is 12.8 Å². The molecule has 1 aliphatic carbocycles. The van der Waals surface area contributed by atoms with Gasteiger partial charge in [-0.25, -0.2) is 0 Å². The number of rotatable bonds is 1. The molecular formula is C9H15N3O. The minimum Gasteiger partial charge on any atom is -0.369 e. The largest absolute Gasteiger partial charge is 0.369 e. The van der Waals surface area contributed by atoms with Gasteiger partial charge in [-0.15, -0.1) is 0 Å². The van der Waals surface area contributed by atoms with E-state index in [2.05, 4.69) is 4.99 Å². The van der Waals surface area contributed by atoms with Crippen LogP contribution in [0, 0.1) is 0 Å². The molecule has 0 aromatic heterocycles. The molecule has 0 saturated heterocycles. The predicted octanol–water partition coefficient (Wildman–Crippen LogP) is 0.476. The lowest BCUT2D eigenvalue weighted by atomic mass is 9.94. The third-order valence-electron chi connectivity index (χ3n) is 2.85. The van der Waals surface area contributed by atoms with E-state index in [0.29, 0.717) is 18.5 Å². The smallest absolute Gasteiger partial charge is 0.268 e. The van der Waals surface area contributed by atoms with Crippen LogP contribution in [0.4, 0.5) is 0 Å². The molecule has 72 valence electrons. The number of guanidine groups is 1. The highest BCUT2D eigenvalue weighted by molar-refractivity contribution is 6.00. The molecule has 0 aromatic carbocycles. The summed E-state index contributed by atoms with van der Waals surface area (Å²) in [5.74, 6) is 0.333. The van der Waals surface area contributed by atoms with Crippen molar-refractivity contribution in [2.75, 3.05) is 6.54 Å². The van der Waals surface area contributed by atoms with E-state index in [9.17, 15) is 4.79 Å². The highest BCUT2D eigenvalue weighted by atomic mass is 16.2. The van der Waals surface area contributed by atoms with Crippen molar-refractivity contribution in [2.45, 2.75) is 38.1 Å². The number of aliphatic imine (C=N–C) groups is 1. The van der Waals surface area contributed by atoms with Gasteiger partial charge in [0.25, 0.3) is 5.91 Å². The van der Waals surface area contributed by atoms with Crippen LogP contribution in [-0.4, -0.2) is 29.4 Å². The summed E-state index contributed by atoms with van der Waals surface area (Å²) < 4.78 is 0. The van der Waals surface area contributed by atoms with Gasteiger partial charge in [-0.05, 0) is 12.8 Å². The molecule has 1 amide bonds. The molecule has 4 nitrogen and oxygen atoms in total. The van der Waals surface area contributed by atoms with Gasteiger partial charge in [0, 0.05) is 6.04 Å². The maximum atomic E-state index is 11.0. The van der Waals surface area contributed by atoms with Crippen molar-refractivity contribution >= 4 is 11.9 Å². The number of nitrogens with two attached hydrogens (primary N) is 1. The van der Waals surface area contributed by atoms with E-state index in [4.69, 9.17) is 5.73 Å². The molecule has 1 heterocycles. The second kappa shape index (κ2) is 3.36. The third kappa shape index (κ3) is 1.66. The topological polar surface area (TPSA) is 58.7 Å². The fourth-order valence-electron chi connectivity index (χ4n) is 2.16. The molecule has 0 atom stereocenters. The Balaban J connectivity index is 2.00. The lowest BCUT2D eigenvalue weighted by molar-refractivity contribution is -0.117. The molecule has 2 N–H and O–H groups in total. The van der Waals surface area contributed by atoms with Crippen LogP contribution >= 0.6 is 0 Å². The molecule has 0 aromatic rings. The third-order valence-corrected chi connectivity index (χ3v) is 2.85. The average molecular weight is 181 g/mol. The van der Waals surface area contributed by atoms with Crippen LogP contribution < -0.4 is 5.73 Å².